The van der Waals surface area contributed by atoms with Crippen LogP contribution in [0.25, 0.3) is 0 Å². The van der Waals surface area contributed by atoms with Crippen LogP contribution < -0.4 is 0 Å². The van der Waals surface area contributed by atoms with Crippen molar-refractivity contribution in [2.45, 2.75) is 33.5 Å². The minimum Gasteiger partial charge on any atom is -0.746 e. The van der Waals surface area contributed by atoms with Crippen LogP contribution in [0.4, 0.5) is 0 Å². The maximum absolute atomic E-state index is 10.2. The normalized spacial score (nSPS) is 13.1. The minimum absolute atomic E-state index is 0. The summed E-state index contributed by atoms with van der Waals surface area (Å²) in [4.78, 5) is 0. The molecule has 0 saturated heterocycles. The molecule has 0 rings (SSSR count). The van der Waals surface area contributed by atoms with E-state index < -0.39 is 27.1 Å². The van der Waals surface area contributed by atoms with E-state index in [1.807, 2.05) is 0 Å². The Morgan fingerprint density at radius 1 is 0.789 bits per heavy atom. The van der Waals surface area contributed by atoms with Gasteiger partial charge in [-0.1, -0.05) is 13.8 Å². The molecule has 0 aliphatic heterocycles. The van der Waals surface area contributed by atoms with Gasteiger partial charge in [-0.2, -0.15) is 0 Å². The van der Waals surface area contributed by atoms with E-state index in [-0.39, 0.29) is 32.3 Å². The van der Waals surface area contributed by atoms with Gasteiger partial charge < -0.3 is 9.11 Å². The topological polar surface area (TPSA) is 114 Å². The molecule has 0 aliphatic carbocycles. The van der Waals surface area contributed by atoms with E-state index in [9.17, 15) is 25.9 Å². The molecule has 0 aromatic heterocycles. The summed E-state index contributed by atoms with van der Waals surface area (Å²) in [7, 11) is -8.75. The molecule has 0 N–H and O–H groups in total. The molecule has 13 heteroatoms. The number of hydrogen-bond donors (Lipinski definition) is 4. The van der Waals surface area contributed by atoms with Gasteiger partial charge in [-0.25, -0.2) is 16.8 Å². The Morgan fingerprint density at radius 3 is 0.947 bits per heavy atom. The molecule has 112 valence electrons. The fourth-order valence-electron chi connectivity index (χ4n) is 0.354. The Labute approximate surface area is 148 Å². The molecule has 0 spiro atoms. The summed E-state index contributed by atoms with van der Waals surface area (Å²) in [6.07, 6.45) is 0.177. The van der Waals surface area contributed by atoms with Gasteiger partial charge in [0.05, 0.1) is 0 Å². The summed E-state index contributed by atoms with van der Waals surface area (Å²) >= 11 is 14.1. The molecule has 0 bridgehead atoms. The molecule has 0 saturated carbocycles. The number of thiol groups is 4. The van der Waals surface area contributed by atoms with E-state index >= 15 is 0 Å². The summed E-state index contributed by atoms with van der Waals surface area (Å²) in [5.41, 5.74) is 0. The fourth-order valence-corrected chi connectivity index (χ4v) is 1.06. The van der Waals surface area contributed by atoms with Crippen molar-refractivity contribution >= 4 is 70.8 Å². The Bertz CT molecular complexity index is 411. The molecular weight excluding hydrogens is 426 g/mol. The summed E-state index contributed by atoms with van der Waals surface area (Å²) in [5.74, 6) is 0. The van der Waals surface area contributed by atoms with Crippen molar-refractivity contribution in [3.63, 3.8) is 0 Å². The second-order valence-electron chi connectivity index (χ2n) is 3.10. The summed E-state index contributed by atoms with van der Waals surface area (Å²) in [6, 6.07) is 0. The molecule has 0 atom stereocenters. The first-order valence-corrected chi connectivity index (χ1v) is 9.03. The van der Waals surface area contributed by atoms with Crippen molar-refractivity contribution in [2.75, 3.05) is 0 Å². The van der Waals surface area contributed by atoms with Crippen molar-refractivity contribution in [2.24, 2.45) is 0 Å². The third-order valence-electron chi connectivity index (χ3n) is 1.72. The molecule has 0 aliphatic rings. The summed E-state index contributed by atoms with van der Waals surface area (Å²) < 4.78 is 57.6. The van der Waals surface area contributed by atoms with Crippen LogP contribution in [0.1, 0.15) is 26.7 Å². The van der Waals surface area contributed by atoms with Crippen LogP contribution in [0.15, 0.2) is 0 Å². The van der Waals surface area contributed by atoms with Crippen molar-refractivity contribution in [1.29, 1.82) is 0 Å². The van der Waals surface area contributed by atoms with Crippen molar-refractivity contribution < 1.29 is 45.4 Å². The SMILES string of the molecule is CCC(S)(S)S(=O)(=O)[O-].CCC(S)(S)S(=O)(=O)[O-].[Zn+2]. The van der Waals surface area contributed by atoms with Crippen LogP contribution in [-0.4, -0.2) is 32.8 Å². The molecule has 19 heavy (non-hydrogen) atoms. The summed E-state index contributed by atoms with van der Waals surface area (Å²) in [5, 5.41) is 0. The van der Waals surface area contributed by atoms with Crippen molar-refractivity contribution in [3.8, 4) is 0 Å². The molecule has 0 aromatic rings. The third-order valence-corrected chi connectivity index (χ3v) is 7.85. The van der Waals surface area contributed by atoms with Gasteiger partial charge in [-0.3, -0.25) is 0 Å². The van der Waals surface area contributed by atoms with E-state index in [1.54, 1.807) is 0 Å². The largest absolute Gasteiger partial charge is 2.00 e. The van der Waals surface area contributed by atoms with Crippen LogP contribution >= 0.6 is 50.5 Å². The zero-order valence-corrected chi connectivity index (χ0v) is 18.4. The smallest absolute Gasteiger partial charge is 0.746 e. The van der Waals surface area contributed by atoms with Gasteiger partial charge in [0.15, 0.2) is 0 Å². The third kappa shape index (κ3) is 9.46. The maximum atomic E-state index is 10.2. The Kier molecular flexibility index (Phi) is 12.3. The second kappa shape index (κ2) is 9.09. The van der Waals surface area contributed by atoms with Gasteiger partial charge in [0, 0.05) is 0 Å². The van der Waals surface area contributed by atoms with E-state index in [2.05, 4.69) is 50.5 Å². The van der Waals surface area contributed by atoms with Crippen LogP contribution in [0.5, 0.6) is 0 Å². The van der Waals surface area contributed by atoms with Crippen LogP contribution in [0.2, 0.25) is 0 Å². The molecule has 0 heterocycles. The van der Waals surface area contributed by atoms with Gasteiger partial charge in [0.25, 0.3) is 0 Å². The van der Waals surface area contributed by atoms with E-state index in [4.69, 9.17) is 0 Å². The Morgan fingerprint density at radius 2 is 0.947 bits per heavy atom. The minimum atomic E-state index is -4.37. The predicted octanol–water partition coefficient (Wildman–Crippen LogP) is 0.907. The fraction of sp³-hybridized carbons (Fsp3) is 1.00. The first kappa shape index (κ1) is 25.8. The maximum Gasteiger partial charge on any atom is 2.00 e. The number of hydrogen-bond acceptors (Lipinski definition) is 10. The quantitative estimate of drug-likeness (QED) is 0.224. The zero-order chi connectivity index (χ0) is 15.4. The van der Waals surface area contributed by atoms with Gasteiger partial charge in [0.2, 0.25) is 0 Å². The average Bonchev–Trinajstić information content (AvgIpc) is 2.15. The molecule has 6 nitrogen and oxygen atoms in total. The van der Waals surface area contributed by atoms with Gasteiger partial charge in [0.1, 0.15) is 27.1 Å². The number of rotatable bonds is 4. The Balaban J connectivity index is -0.000000256. The van der Waals surface area contributed by atoms with Crippen LogP contribution in [0, 0.1) is 0 Å². The predicted molar refractivity (Wildman–Crippen MR) is 81.4 cm³/mol. The van der Waals surface area contributed by atoms with Crippen LogP contribution in [0.3, 0.4) is 0 Å². The van der Waals surface area contributed by atoms with E-state index in [0.29, 0.717) is 0 Å². The van der Waals surface area contributed by atoms with Gasteiger partial charge >= 0.3 is 19.5 Å². The van der Waals surface area contributed by atoms with Gasteiger partial charge in [-0.15, -0.1) is 50.5 Å². The molecule has 0 amide bonds. The molecule has 0 unspecified atom stereocenters. The Hall–Kier alpha value is 1.84. The first-order chi connectivity index (χ1) is 7.62. The van der Waals surface area contributed by atoms with Gasteiger partial charge in [-0.05, 0) is 12.8 Å². The van der Waals surface area contributed by atoms with Crippen LogP contribution in [-0.2, 0) is 39.7 Å². The zero-order valence-electron chi connectivity index (χ0n) is 10.2. The van der Waals surface area contributed by atoms with Crippen molar-refractivity contribution in [1.82, 2.24) is 0 Å². The summed E-state index contributed by atoms with van der Waals surface area (Å²) in [6.45, 7) is 3.05. The standard InChI is InChI=1S/2C3H8O3S3.Zn/c2*1-2-3(7,8)9(4,5)6;/h2*7-8H,2H2,1H3,(H,4,5,6);/q;;+2/p-2. The molecule has 0 fully saturated rings. The van der Waals surface area contributed by atoms with E-state index in [0.717, 1.165) is 0 Å². The second-order valence-corrected chi connectivity index (χ2v) is 11.3. The first-order valence-electron chi connectivity index (χ1n) is 4.42. The average molecular weight is 440 g/mol. The molecule has 0 aromatic carbocycles. The van der Waals surface area contributed by atoms with E-state index in [1.165, 1.54) is 13.8 Å². The van der Waals surface area contributed by atoms with Crippen molar-refractivity contribution in [3.05, 3.63) is 0 Å². The monoisotopic (exact) mass is 438 g/mol. The molecular formula is C6H14O6S6Zn. The molecule has 0 radical (unpaired) electrons.